The van der Waals surface area contributed by atoms with Gasteiger partial charge in [0.15, 0.2) is 0 Å². The molecule has 0 unspecified atom stereocenters. The number of amides is 1. The van der Waals surface area contributed by atoms with E-state index in [9.17, 15) is 4.79 Å². The second kappa shape index (κ2) is 5.15. The second-order valence-corrected chi connectivity index (χ2v) is 3.64. The number of aryl methyl sites for hydroxylation is 1. The van der Waals surface area contributed by atoms with Gasteiger partial charge in [-0.25, -0.2) is 4.98 Å². The number of nitrogens with zero attached hydrogens (tertiary/aromatic N) is 2. The summed E-state index contributed by atoms with van der Waals surface area (Å²) in [4.78, 5) is 18.4. The Bertz CT molecular complexity index is 475. The normalized spacial score (nSPS) is 10.4. The van der Waals surface area contributed by atoms with Gasteiger partial charge in [-0.05, 0) is 12.5 Å². The minimum absolute atomic E-state index is 0.153. The number of carbonyl (C=O) groups excluding carboxylic acids is 1. The Hall–Kier alpha value is -2.31. The highest BCUT2D eigenvalue weighted by Gasteiger charge is 2.06. The SMILES string of the molecule is Nc1c[nH]c(C(=O)NCCCc2ncn[nH]2)c1. The zero-order valence-corrected chi connectivity index (χ0v) is 9.23. The average Bonchev–Trinajstić information content (AvgIpc) is 2.95. The third kappa shape index (κ3) is 3.07. The molecule has 0 aliphatic carbocycles. The number of nitrogen functional groups attached to an aromatic ring is 1. The molecule has 0 saturated carbocycles. The van der Waals surface area contributed by atoms with E-state index in [0.717, 1.165) is 18.7 Å². The first-order valence-corrected chi connectivity index (χ1v) is 5.32. The molecular formula is C10H14N6O. The highest BCUT2D eigenvalue weighted by molar-refractivity contribution is 5.93. The summed E-state index contributed by atoms with van der Waals surface area (Å²) < 4.78 is 0. The molecule has 7 heteroatoms. The van der Waals surface area contributed by atoms with E-state index in [2.05, 4.69) is 25.5 Å². The fraction of sp³-hybridized carbons (Fsp3) is 0.300. The number of carbonyl (C=O) groups is 1. The lowest BCUT2D eigenvalue weighted by atomic mass is 10.3. The van der Waals surface area contributed by atoms with E-state index < -0.39 is 0 Å². The Morgan fingerprint density at radius 2 is 2.41 bits per heavy atom. The summed E-state index contributed by atoms with van der Waals surface area (Å²) in [6.45, 7) is 0.582. The summed E-state index contributed by atoms with van der Waals surface area (Å²) in [5.74, 6) is 0.669. The molecule has 7 nitrogen and oxygen atoms in total. The van der Waals surface area contributed by atoms with Crippen molar-refractivity contribution in [2.24, 2.45) is 0 Å². The summed E-state index contributed by atoms with van der Waals surface area (Å²) in [5.41, 5.74) is 6.53. The second-order valence-electron chi connectivity index (χ2n) is 3.64. The van der Waals surface area contributed by atoms with Crippen molar-refractivity contribution in [3.8, 4) is 0 Å². The number of hydrogen-bond acceptors (Lipinski definition) is 4. The van der Waals surface area contributed by atoms with Gasteiger partial charge in [0.1, 0.15) is 17.8 Å². The molecule has 0 saturated heterocycles. The molecule has 0 atom stereocenters. The molecule has 1 amide bonds. The maximum absolute atomic E-state index is 11.6. The van der Waals surface area contributed by atoms with E-state index in [1.165, 1.54) is 6.33 Å². The number of aromatic nitrogens is 4. The Morgan fingerprint density at radius 3 is 3.06 bits per heavy atom. The number of hydrogen-bond donors (Lipinski definition) is 4. The van der Waals surface area contributed by atoms with Gasteiger partial charge in [0.25, 0.3) is 5.91 Å². The van der Waals surface area contributed by atoms with Crippen LogP contribution in [0, 0.1) is 0 Å². The average molecular weight is 234 g/mol. The van der Waals surface area contributed by atoms with Crippen LogP contribution in [0.3, 0.4) is 0 Å². The lowest BCUT2D eigenvalue weighted by Gasteiger charge is -2.02. The maximum atomic E-state index is 11.6. The number of nitrogens with one attached hydrogen (secondary N) is 3. The summed E-state index contributed by atoms with van der Waals surface area (Å²) in [5, 5.41) is 9.29. The van der Waals surface area contributed by atoms with Gasteiger partial charge in [0, 0.05) is 24.8 Å². The molecular weight excluding hydrogens is 220 g/mol. The van der Waals surface area contributed by atoms with E-state index >= 15 is 0 Å². The number of H-pyrrole nitrogens is 2. The van der Waals surface area contributed by atoms with E-state index in [-0.39, 0.29) is 5.91 Å². The van der Waals surface area contributed by atoms with Crippen LogP contribution in [0.15, 0.2) is 18.6 Å². The van der Waals surface area contributed by atoms with Gasteiger partial charge in [-0.15, -0.1) is 0 Å². The van der Waals surface area contributed by atoms with Crippen LogP contribution in [0.5, 0.6) is 0 Å². The van der Waals surface area contributed by atoms with Crippen LogP contribution in [-0.4, -0.2) is 32.6 Å². The van der Waals surface area contributed by atoms with Gasteiger partial charge in [-0.1, -0.05) is 0 Å². The minimum Gasteiger partial charge on any atom is -0.397 e. The van der Waals surface area contributed by atoms with Crippen LogP contribution < -0.4 is 11.1 Å². The van der Waals surface area contributed by atoms with Gasteiger partial charge >= 0.3 is 0 Å². The maximum Gasteiger partial charge on any atom is 0.267 e. The Kier molecular flexibility index (Phi) is 3.39. The first kappa shape index (κ1) is 11.2. The zero-order chi connectivity index (χ0) is 12.1. The molecule has 17 heavy (non-hydrogen) atoms. The summed E-state index contributed by atoms with van der Waals surface area (Å²) in [7, 11) is 0. The fourth-order valence-electron chi connectivity index (χ4n) is 1.45. The van der Waals surface area contributed by atoms with Crippen LogP contribution in [0.25, 0.3) is 0 Å². The molecule has 90 valence electrons. The topological polar surface area (TPSA) is 112 Å². The van der Waals surface area contributed by atoms with Crippen molar-refractivity contribution >= 4 is 11.6 Å². The van der Waals surface area contributed by atoms with Gasteiger partial charge in [0.2, 0.25) is 0 Å². The number of rotatable bonds is 5. The van der Waals surface area contributed by atoms with E-state index in [4.69, 9.17) is 5.73 Å². The first-order chi connectivity index (χ1) is 8.25. The molecule has 0 aliphatic rings. The minimum atomic E-state index is -0.153. The van der Waals surface area contributed by atoms with E-state index in [0.29, 0.717) is 17.9 Å². The highest BCUT2D eigenvalue weighted by atomic mass is 16.1. The van der Waals surface area contributed by atoms with Crippen molar-refractivity contribution in [3.05, 3.63) is 30.1 Å². The predicted octanol–water partition coefficient (Wildman–Crippen LogP) is 0.0776. The lowest BCUT2D eigenvalue weighted by Crippen LogP contribution is -2.25. The van der Waals surface area contributed by atoms with Crippen molar-refractivity contribution < 1.29 is 4.79 Å². The van der Waals surface area contributed by atoms with E-state index in [1.54, 1.807) is 12.3 Å². The van der Waals surface area contributed by atoms with Crippen molar-refractivity contribution in [1.29, 1.82) is 0 Å². The molecule has 0 fully saturated rings. The van der Waals surface area contributed by atoms with Crippen LogP contribution in [-0.2, 0) is 6.42 Å². The molecule has 5 N–H and O–H groups in total. The summed E-state index contributed by atoms with van der Waals surface area (Å²) >= 11 is 0. The van der Waals surface area contributed by atoms with Gasteiger partial charge in [-0.2, -0.15) is 5.10 Å². The third-order valence-electron chi connectivity index (χ3n) is 2.29. The number of nitrogens with two attached hydrogens (primary N) is 1. The van der Waals surface area contributed by atoms with Crippen molar-refractivity contribution in [2.75, 3.05) is 12.3 Å². The van der Waals surface area contributed by atoms with Gasteiger partial charge in [-0.3, -0.25) is 9.89 Å². The molecule has 2 aromatic heterocycles. The van der Waals surface area contributed by atoms with Crippen molar-refractivity contribution in [3.63, 3.8) is 0 Å². The lowest BCUT2D eigenvalue weighted by molar-refractivity contribution is 0.0949. The third-order valence-corrected chi connectivity index (χ3v) is 2.29. The monoisotopic (exact) mass is 234 g/mol. The van der Waals surface area contributed by atoms with Crippen molar-refractivity contribution in [2.45, 2.75) is 12.8 Å². The Labute approximate surface area is 97.8 Å². The first-order valence-electron chi connectivity index (χ1n) is 5.32. The Balaban J connectivity index is 1.70. The van der Waals surface area contributed by atoms with Crippen LogP contribution >= 0.6 is 0 Å². The van der Waals surface area contributed by atoms with Gasteiger partial charge < -0.3 is 16.0 Å². The van der Waals surface area contributed by atoms with E-state index in [1.807, 2.05) is 0 Å². The smallest absolute Gasteiger partial charge is 0.267 e. The summed E-state index contributed by atoms with van der Waals surface area (Å²) in [6, 6.07) is 1.60. The molecule has 0 aromatic carbocycles. The number of aromatic amines is 2. The Morgan fingerprint density at radius 1 is 1.53 bits per heavy atom. The number of anilines is 1. The standard InChI is InChI=1S/C10H14N6O/c11-7-4-8(13-5-7)10(17)12-3-1-2-9-14-6-15-16-9/h4-6,13H,1-3,11H2,(H,12,17)(H,14,15,16). The van der Waals surface area contributed by atoms with Crippen LogP contribution in [0.4, 0.5) is 5.69 Å². The van der Waals surface area contributed by atoms with Crippen molar-refractivity contribution in [1.82, 2.24) is 25.5 Å². The molecule has 2 rings (SSSR count). The van der Waals surface area contributed by atoms with Crippen LogP contribution in [0.1, 0.15) is 22.7 Å². The molecule has 2 heterocycles. The van der Waals surface area contributed by atoms with Crippen LogP contribution in [0.2, 0.25) is 0 Å². The highest BCUT2D eigenvalue weighted by Crippen LogP contribution is 2.03. The quantitative estimate of drug-likeness (QED) is 0.548. The fourth-order valence-corrected chi connectivity index (χ4v) is 1.45. The molecule has 0 spiro atoms. The summed E-state index contributed by atoms with van der Waals surface area (Å²) in [6.07, 6.45) is 4.61. The molecule has 0 radical (unpaired) electrons. The molecule has 2 aromatic rings. The predicted molar refractivity (Wildman–Crippen MR) is 62.2 cm³/mol. The zero-order valence-electron chi connectivity index (χ0n) is 9.23. The molecule has 0 aliphatic heterocycles. The molecule has 0 bridgehead atoms. The van der Waals surface area contributed by atoms with Gasteiger partial charge in [0.05, 0.1) is 0 Å². The largest absolute Gasteiger partial charge is 0.397 e.